The number of aryl methyl sites for hydroxylation is 3. The molecule has 1 aliphatic rings. The molecule has 1 aliphatic heterocycles. The molecule has 0 radical (unpaired) electrons. The predicted molar refractivity (Wildman–Crippen MR) is 90.3 cm³/mol. The van der Waals surface area contributed by atoms with Crippen LogP contribution >= 0.6 is 0 Å². The molecule has 2 heterocycles. The molecule has 124 valence electrons. The van der Waals surface area contributed by atoms with Crippen molar-refractivity contribution >= 4 is 0 Å². The van der Waals surface area contributed by atoms with Gasteiger partial charge in [-0.3, -0.25) is 0 Å². The fourth-order valence-electron chi connectivity index (χ4n) is 3.28. The smallest absolute Gasteiger partial charge is 0.187 e. The maximum Gasteiger partial charge on any atom is 0.187 e. The van der Waals surface area contributed by atoms with Gasteiger partial charge in [0.25, 0.3) is 0 Å². The first-order valence-corrected chi connectivity index (χ1v) is 8.35. The summed E-state index contributed by atoms with van der Waals surface area (Å²) in [5.41, 5.74) is 4.00. The summed E-state index contributed by atoms with van der Waals surface area (Å²) in [6.07, 6.45) is 7.57. The van der Waals surface area contributed by atoms with Crippen molar-refractivity contribution in [3.63, 3.8) is 0 Å². The van der Waals surface area contributed by atoms with Crippen LogP contribution in [0.5, 0.6) is 0 Å². The molecule has 1 fully saturated rings. The molecule has 1 aromatic carbocycles. The Morgan fingerprint density at radius 1 is 1.17 bits per heavy atom. The highest BCUT2D eigenvalue weighted by Gasteiger charge is 2.44. The van der Waals surface area contributed by atoms with Crippen molar-refractivity contribution in [2.45, 2.75) is 65.1 Å². The molecule has 0 N–H and O–H groups in total. The first kappa shape index (κ1) is 16.2. The Labute approximate surface area is 138 Å². The quantitative estimate of drug-likeness (QED) is 0.845. The van der Waals surface area contributed by atoms with Crippen molar-refractivity contribution in [3.8, 4) is 0 Å². The molecule has 1 aromatic heterocycles. The Morgan fingerprint density at radius 2 is 1.91 bits per heavy atom. The van der Waals surface area contributed by atoms with E-state index in [0.717, 1.165) is 12.8 Å². The van der Waals surface area contributed by atoms with Gasteiger partial charge in [-0.25, -0.2) is 4.98 Å². The SMILES string of the molecule is Cc1ccc(CCC2(Cn3ccnc3)OC(C)C(C)O2)c(C)c1. The molecule has 4 heteroatoms. The minimum Gasteiger partial charge on any atom is -0.342 e. The Kier molecular flexibility index (Phi) is 4.55. The summed E-state index contributed by atoms with van der Waals surface area (Å²) in [6, 6.07) is 6.63. The largest absolute Gasteiger partial charge is 0.342 e. The summed E-state index contributed by atoms with van der Waals surface area (Å²) in [6.45, 7) is 9.14. The monoisotopic (exact) mass is 314 g/mol. The van der Waals surface area contributed by atoms with E-state index in [9.17, 15) is 0 Å². The highest BCUT2D eigenvalue weighted by Crippen LogP contribution is 2.34. The Bertz CT molecular complexity index is 641. The molecule has 0 saturated carbocycles. The van der Waals surface area contributed by atoms with Crippen LogP contribution in [-0.2, 0) is 22.4 Å². The molecule has 2 aromatic rings. The molecule has 3 rings (SSSR count). The van der Waals surface area contributed by atoms with Gasteiger partial charge in [0.05, 0.1) is 25.1 Å². The van der Waals surface area contributed by atoms with Crippen LogP contribution in [0.4, 0.5) is 0 Å². The highest BCUT2D eigenvalue weighted by molar-refractivity contribution is 5.30. The van der Waals surface area contributed by atoms with Gasteiger partial charge in [-0.05, 0) is 45.2 Å². The van der Waals surface area contributed by atoms with E-state index < -0.39 is 5.79 Å². The first-order valence-electron chi connectivity index (χ1n) is 8.35. The third-order valence-corrected chi connectivity index (χ3v) is 4.72. The molecular formula is C19H26N2O2. The fourth-order valence-corrected chi connectivity index (χ4v) is 3.28. The van der Waals surface area contributed by atoms with Gasteiger partial charge in [0, 0.05) is 18.8 Å². The number of hydrogen-bond acceptors (Lipinski definition) is 3. The van der Waals surface area contributed by atoms with E-state index in [0.29, 0.717) is 6.54 Å². The molecule has 0 amide bonds. The van der Waals surface area contributed by atoms with Crippen LogP contribution in [0.2, 0.25) is 0 Å². The molecule has 4 nitrogen and oxygen atoms in total. The molecule has 2 atom stereocenters. The molecule has 0 bridgehead atoms. The third-order valence-electron chi connectivity index (χ3n) is 4.72. The summed E-state index contributed by atoms with van der Waals surface area (Å²) >= 11 is 0. The summed E-state index contributed by atoms with van der Waals surface area (Å²) in [5.74, 6) is -0.573. The highest BCUT2D eigenvalue weighted by atomic mass is 16.8. The number of aromatic nitrogens is 2. The Hall–Kier alpha value is -1.65. The van der Waals surface area contributed by atoms with Crippen molar-refractivity contribution in [3.05, 3.63) is 53.6 Å². The van der Waals surface area contributed by atoms with Crippen molar-refractivity contribution < 1.29 is 9.47 Å². The zero-order valence-corrected chi connectivity index (χ0v) is 14.5. The van der Waals surface area contributed by atoms with Gasteiger partial charge in [0.1, 0.15) is 0 Å². The first-order chi connectivity index (χ1) is 11.0. The minimum atomic E-state index is -0.573. The van der Waals surface area contributed by atoms with Gasteiger partial charge in [-0.15, -0.1) is 0 Å². The van der Waals surface area contributed by atoms with Crippen molar-refractivity contribution in [2.24, 2.45) is 0 Å². The van der Waals surface area contributed by atoms with Gasteiger partial charge in [-0.2, -0.15) is 0 Å². The summed E-state index contributed by atoms with van der Waals surface area (Å²) in [7, 11) is 0. The second kappa shape index (κ2) is 6.46. The van der Waals surface area contributed by atoms with E-state index in [4.69, 9.17) is 9.47 Å². The van der Waals surface area contributed by atoms with Crippen LogP contribution in [0.1, 0.15) is 37.0 Å². The lowest BCUT2D eigenvalue weighted by atomic mass is 9.98. The van der Waals surface area contributed by atoms with E-state index in [1.54, 1.807) is 6.20 Å². The second-order valence-corrected chi connectivity index (χ2v) is 6.72. The lowest BCUT2D eigenvalue weighted by Gasteiger charge is -2.29. The lowest BCUT2D eigenvalue weighted by Crippen LogP contribution is -2.36. The van der Waals surface area contributed by atoms with Gasteiger partial charge in [-0.1, -0.05) is 23.8 Å². The van der Waals surface area contributed by atoms with Crippen LogP contribution in [0, 0.1) is 13.8 Å². The minimum absolute atomic E-state index is 0.109. The zero-order chi connectivity index (χ0) is 16.4. The number of ether oxygens (including phenoxy) is 2. The maximum absolute atomic E-state index is 6.25. The standard InChI is InChI=1S/C19H26N2O2/c1-14-5-6-18(15(2)11-14)7-8-19(12-21-10-9-20-13-21)22-16(3)17(4)23-19/h5-6,9-11,13,16-17H,7-8,12H2,1-4H3. The normalized spacial score (nSPS) is 27.5. The lowest BCUT2D eigenvalue weighted by molar-refractivity contribution is -0.186. The number of nitrogens with zero attached hydrogens (tertiary/aromatic N) is 2. The fraction of sp³-hybridized carbons (Fsp3) is 0.526. The maximum atomic E-state index is 6.25. The number of rotatable bonds is 5. The summed E-state index contributed by atoms with van der Waals surface area (Å²) < 4.78 is 14.5. The third kappa shape index (κ3) is 3.65. The molecule has 23 heavy (non-hydrogen) atoms. The molecule has 1 saturated heterocycles. The van der Waals surface area contributed by atoms with E-state index in [1.165, 1.54) is 16.7 Å². The van der Waals surface area contributed by atoms with Gasteiger partial charge >= 0.3 is 0 Å². The number of benzene rings is 1. The average molecular weight is 314 g/mol. The van der Waals surface area contributed by atoms with Gasteiger partial charge < -0.3 is 14.0 Å². The average Bonchev–Trinajstić information content (AvgIpc) is 3.07. The van der Waals surface area contributed by atoms with Crippen LogP contribution < -0.4 is 0 Å². The molecule has 2 unspecified atom stereocenters. The Morgan fingerprint density at radius 3 is 2.52 bits per heavy atom. The van der Waals surface area contributed by atoms with Crippen molar-refractivity contribution in [1.82, 2.24) is 9.55 Å². The summed E-state index contributed by atoms with van der Waals surface area (Å²) in [4.78, 5) is 4.13. The zero-order valence-electron chi connectivity index (χ0n) is 14.5. The Balaban J connectivity index is 1.76. The molecular weight excluding hydrogens is 288 g/mol. The number of imidazole rings is 1. The van der Waals surface area contributed by atoms with E-state index in [-0.39, 0.29) is 12.2 Å². The predicted octanol–water partition coefficient (Wildman–Crippen LogP) is 3.65. The molecule has 0 spiro atoms. The van der Waals surface area contributed by atoms with Crippen molar-refractivity contribution in [2.75, 3.05) is 0 Å². The van der Waals surface area contributed by atoms with Gasteiger partial charge in [0.15, 0.2) is 5.79 Å². The van der Waals surface area contributed by atoms with Crippen LogP contribution in [-0.4, -0.2) is 27.5 Å². The molecule has 0 aliphatic carbocycles. The van der Waals surface area contributed by atoms with E-state index in [1.807, 2.05) is 17.1 Å². The van der Waals surface area contributed by atoms with Crippen LogP contribution in [0.15, 0.2) is 36.9 Å². The number of hydrogen-bond donors (Lipinski definition) is 0. The second-order valence-electron chi connectivity index (χ2n) is 6.72. The topological polar surface area (TPSA) is 36.3 Å². The van der Waals surface area contributed by atoms with Crippen molar-refractivity contribution in [1.29, 1.82) is 0 Å². The summed E-state index contributed by atoms with van der Waals surface area (Å²) in [5, 5.41) is 0. The van der Waals surface area contributed by atoms with E-state index in [2.05, 4.69) is 50.9 Å². The van der Waals surface area contributed by atoms with E-state index >= 15 is 0 Å². The van der Waals surface area contributed by atoms with Gasteiger partial charge in [0.2, 0.25) is 0 Å². The van der Waals surface area contributed by atoms with Crippen LogP contribution in [0.3, 0.4) is 0 Å². The van der Waals surface area contributed by atoms with Crippen LogP contribution in [0.25, 0.3) is 0 Å².